The number of nitrogens with zero attached hydrogens (tertiary/aromatic N) is 3. The molecule has 0 unspecified atom stereocenters. The monoisotopic (exact) mass is 346 g/mol. The standard InChI is InChI=1S/C17H19FN4O3/c18-12-8-20-17(21-9-12)25-14-5-3-13(4-6-14)22-16(23)11-24-15-2-1-7-19-10-15/h1-2,7-10,13-14H,3-6,11H2,(H,22,23). The maximum Gasteiger partial charge on any atom is 0.316 e. The number of carbonyl (C=O) groups is 1. The van der Waals surface area contributed by atoms with Crippen molar-refractivity contribution in [3.8, 4) is 11.8 Å². The van der Waals surface area contributed by atoms with Gasteiger partial charge in [0.25, 0.3) is 5.91 Å². The van der Waals surface area contributed by atoms with E-state index in [1.54, 1.807) is 24.5 Å². The minimum atomic E-state index is -0.493. The zero-order valence-electron chi connectivity index (χ0n) is 13.6. The Labute approximate surface area is 144 Å². The largest absolute Gasteiger partial charge is 0.482 e. The first kappa shape index (κ1) is 17.1. The Balaban J connectivity index is 1.37. The minimum absolute atomic E-state index is 0.0229. The van der Waals surface area contributed by atoms with Crippen LogP contribution in [-0.2, 0) is 4.79 Å². The molecule has 1 N–H and O–H groups in total. The van der Waals surface area contributed by atoms with Crippen LogP contribution in [0.5, 0.6) is 11.8 Å². The van der Waals surface area contributed by atoms with E-state index in [0.29, 0.717) is 5.75 Å². The zero-order chi connectivity index (χ0) is 17.5. The van der Waals surface area contributed by atoms with Gasteiger partial charge in [-0.1, -0.05) is 0 Å². The molecule has 25 heavy (non-hydrogen) atoms. The first-order valence-corrected chi connectivity index (χ1v) is 8.15. The van der Waals surface area contributed by atoms with E-state index in [2.05, 4.69) is 20.3 Å². The second kappa shape index (κ2) is 8.36. The predicted molar refractivity (Wildman–Crippen MR) is 86.5 cm³/mol. The molecule has 3 rings (SSSR count). The number of aromatic nitrogens is 3. The summed E-state index contributed by atoms with van der Waals surface area (Å²) in [6.07, 6.45) is 8.48. The molecule has 0 atom stereocenters. The Hall–Kier alpha value is -2.77. The van der Waals surface area contributed by atoms with Crippen molar-refractivity contribution in [3.63, 3.8) is 0 Å². The molecule has 0 bridgehead atoms. The van der Waals surface area contributed by atoms with Crippen LogP contribution in [0, 0.1) is 5.82 Å². The van der Waals surface area contributed by atoms with Crippen molar-refractivity contribution in [2.45, 2.75) is 37.8 Å². The quantitative estimate of drug-likeness (QED) is 0.860. The van der Waals surface area contributed by atoms with Crippen molar-refractivity contribution in [3.05, 3.63) is 42.7 Å². The number of ether oxygens (including phenoxy) is 2. The zero-order valence-corrected chi connectivity index (χ0v) is 13.6. The Morgan fingerprint density at radius 1 is 1.20 bits per heavy atom. The highest BCUT2D eigenvalue weighted by Crippen LogP contribution is 2.22. The SMILES string of the molecule is O=C(COc1cccnc1)NC1CCC(Oc2ncc(F)cn2)CC1. The van der Waals surface area contributed by atoms with Crippen LogP contribution >= 0.6 is 0 Å². The van der Waals surface area contributed by atoms with Crippen LogP contribution in [-0.4, -0.2) is 39.6 Å². The number of halogens is 1. The Bertz CT molecular complexity index is 676. The van der Waals surface area contributed by atoms with Gasteiger partial charge in [-0.3, -0.25) is 9.78 Å². The predicted octanol–water partition coefficient (Wildman–Crippen LogP) is 1.90. The summed E-state index contributed by atoms with van der Waals surface area (Å²) in [5, 5.41) is 2.96. The summed E-state index contributed by atoms with van der Waals surface area (Å²) >= 11 is 0. The second-order valence-corrected chi connectivity index (χ2v) is 5.82. The second-order valence-electron chi connectivity index (χ2n) is 5.82. The molecule has 0 aliphatic heterocycles. The van der Waals surface area contributed by atoms with Crippen molar-refractivity contribution in [2.24, 2.45) is 0 Å². The molecule has 8 heteroatoms. The average molecular weight is 346 g/mol. The van der Waals surface area contributed by atoms with Gasteiger partial charge in [0.2, 0.25) is 0 Å². The molecular weight excluding hydrogens is 327 g/mol. The highest BCUT2D eigenvalue weighted by Gasteiger charge is 2.24. The summed E-state index contributed by atoms with van der Waals surface area (Å²) in [5.41, 5.74) is 0. The smallest absolute Gasteiger partial charge is 0.316 e. The lowest BCUT2D eigenvalue weighted by Crippen LogP contribution is -2.41. The van der Waals surface area contributed by atoms with E-state index in [0.717, 1.165) is 38.1 Å². The number of rotatable bonds is 6. The number of amides is 1. The third-order valence-corrected chi connectivity index (χ3v) is 3.91. The first-order valence-electron chi connectivity index (χ1n) is 8.15. The molecular formula is C17H19FN4O3. The highest BCUT2D eigenvalue weighted by molar-refractivity contribution is 5.77. The summed E-state index contributed by atoms with van der Waals surface area (Å²) in [5.74, 6) is -0.0866. The Morgan fingerprint density at radius 2 is 1.96 bits per heavy atom. The van der Waals surface area contributed by atoms with Crippen molar-refractivity contribution in [1.29, 1.82) is 0 Å². The molecule has 2 heterocycles. The highest BCUT2D eigenvalue weighted by atomic mass is 19.1. The van der Waals surface area contributed by atoms with Crippen molar-refractivity contribution < 1.29 is 18.7 Å². The van der Waals surface area contributed by atoms with Gasteiger partial charge in [-0.15, -0.1) is 0 Å². The van der Waals surface area contributed by atoms with Crippen LogP contribution in [0.15, 0.2) is 36.9 Å². The minimum Gasteiger partial charge on any atom is -0.482 e. The van der Waals surface area contributed by atoms with Crippen LogP contribution in [0.1, 0.15) is 25.7 Å². The fourth-order valence-electron chi connectivity index (χ4n) is 2.69. The van der Waals surface area contributed by atoms with Crippen molar-refractivity contribution in [1.82, 2.24) is 20.3 Å². The van der Waals surface area contributed by atoms with Crippen LogP contribution in [0.4, 0.5) is 4.39 Å². The van der Waals surface area contributed by atoms with Crippen molar-refractivity contribution in [2.75, 3.05) is 6.61 Å². The fourth-order valence-corrected chi connectivity index (χ4v) is 2.69. The number of nitrogens with one attached hydrogen (secondary N) is 1. The molecule has 0 aromatic carbocycles. The maximum absolute atomic E-state index is 12.8. The number of pyridine rings is 1. The van der Waals surface area contributed by atoms with Crippen LogP contribution in [0.25, 0.3) is 0 Å². The number of carbonyl (C=O) groups excluding carboxylic acids is 1. The first-order chi connectivity index (χ1) is 12.2. The molecule has 0 spiro atoms. The van der Waals surface area contributed by atoms with Gasteiger partial charge in [0.1, 0.15) is 11.9 Å². The molecule has 1 aliphatic rings. The normalized spacial score (nSPS) is 19.9. The van der Waals surface area contributed by atoms with Gasteiger partial charge in [-0.25, -0.2) is 14.4 Å². The lowest BCUT2D eigenvalue weighted by molar-refractivity contribution is -0.124. The third kappa shape index (κ3) is 5.37. The summed E-state index contributed by atoms with van der Waals surface area (Å²) in [7, 11) is 0. The molecule has 7 nitrogen and oxygen atoms in total. The van der Waals surface area contributed by atoms with Gasteiger partial charge < -0.3 is 14.8 Å². The lowest BCUT2D eigenvalue weighted by atomic mass is 9.93. The number of hydrogen-bond donors (Lipinski definition) is 1. The molecule has 2 aromatic heterocycles. The molecule has 2 aromatic rings. The third-order valence-electron chi connectivity index (χ3n) is 3.91. The Kier molecular flexibility index (Phi) is 5.71. The van der Waals surface area contributed by atoms with E-state index in [1.807, 2.05) is 0 Å². The summed E-state index contributed by atoms with van der Waals surface area (Å²) in [4.78, 5) is 23.5. The molecule has 1 fully saturated rings. The molecule has 1 saturated carbocycles. The van der Waals surface area contributed by atoms with E-state index >= 15 is 0 Å². The van der Waals surface area contributed by atoms with Gasteiger partial charge >= 0.3 is 6.01 Å². The van der Waals surface area contributed by atoms with Crippen LogP contribution in [0.3, 0.4) is 0 Å². The van der Waals surface area contributed by atoms with E-state index < -0.39 is 5.82 Å². The topological polar surface area (TPSA) is 86.2 Å². The van der Waals surface area contributed by atoms with E-state index in [-0.39, 0.29) is 30.7 Å². The van der Waals surface area contributed by atoms with Crippen LogP contribution < -0.4 is 14.8 Å². The van der Waals surface area contributed by atoms with E-state index in [4.69, 9.17) is 9.47 Å². The Morgan fingerprint density at radius 3 is 2.64 bits per heavy atom. The summed E-state index contributed by atoms with van der Waals surface area (Å²) in [6.45, 7) is -0.0362. The van der Waals surface area contributed by atoms with E-state index in [9.17, 15) is 9.18 Å². The molecule has 0 radical (unpaired) electrons. The van der Waals surface area contributed by atoms with Crippen LogP contribution in [0.2, 0.25) is 0 Å². The fraction of sp³-hybridized carbons (Fsp3) is 0.412. The molecule has 1 amide bonds. The average Bonchev–Trinajstić information content (AvgIpc) is 2.64. The van der Waals surface area contributed by atoms with Gasteiger partial charge in [-0.05, 0) is 37.8 Å². The maximum atomic E-state index is 12.8. The van der Waals surface area contributed by atoms with Gasteiger partial charge in [0.15, 0.2) is 12.4 Å². The van der Waals surface area contributed by atoms with E-state index in [1.165, 1.54) is 0 Å². The van der Waals surface area contributed by atoms with Gasteiger partial charge in [0, 0.05) is 12.2 Å². The van der Waals surface area contributed by atoms with Crippen molar-refractivity contribution >= 4 is 5.91 Å². The molecule has 0 saturated heterocycles. The van der Waals surface area contributed by atoms with Gasteiger partial charge in [0.05, 0.1) is 18.6 Å². The summed E-state index contributed by atoms with van der Waals surface area (Å²) < 4.78 is 23.8. The van der Waals surface area contributed by atoms with Gasteiger partial charge in [-0.2, -0.15) is 0 Å². The summed E-state index contributed by atoms with van der Waals surface area (Å²) in [6, 6.07) is 3.78. The molecule has 132 valence electrons. The lowest BCUT2D eigenvalue weighted by Gasteiger charge is -2.28. The molecule has 1 aliphatic carbocycles. The number of hydrogen-bond acceptors (Lipinski definition) is 6.